The van der Waals surface area contributed by atoms with E-state index < -0.39 is 20.7 Å². The third-order valence-corrected chi connectivity index (χ3v) is 7.29. The molecule has 1 heterocycles. The summed E-state index contributed by atoms with van der Waals surface area (Å²) in [7, 11) is -4.02. The van der Waals surface area contributed by atoms with E-state index in [9.17, 15) is 13.2 Å². The van der Waals surface area contributed by atoms with Gasteiger partial charge in [0.15, 0.2) is 0 Å². The minimum Gasteiger partial charge on any atom is -0.322 e. The molecule has 1 aliphatic heterocycles. The van der Waals surface area contributed by atoms with Gasteiger partial charge in [-0.3, -0.25) is 4.79 Å². The molecule has 8 heteroatoms. The lowest BCUT2D eigenvalue weighted by atomic mass is 9.92. The first-order valence-electron chi connectivity index (χ1n) is 10.1. The van der Waals surface area contributed by atoms with E-state index in [0.717, 1.165) is 31.5 Å². The van der Waals surface area contributed by atoms with Crippen molar-refractivity contribution in [2.24, 2.45) is 5.92 Å². The molecule has 0 spiro atoms. The Morgan fingerprint density at radius 3 is 2.47 bits per heavy atom. The Bertz CT molecular complexity index is 1030. The molecule has 0 aliphatic carbocycles. The van der Waals surface area contributed by atoms with Crippen LogP contribution in [0.2, 0.25) is 0 Å². The number of anilines is 1. The molecule has 0 radical (unpaired) electrons. The fraction of sp³-hybridized carbons (Fsp3) is 0.409. The van der Waals surface area contributed by atoms with Gasteiger partial charge in [-0.15, -0.1) is 0 Å². The Morgan fingerprint density at radius 2 is 1.80 bits per heavy atom. The number of hydrogen-bond acceptors (Lipinski definition) is 4. The average Bonchev–Trinajstić information content (AvgIpc) is 2.72. The maximum absolute atomic E-state index is 15.0. The molecule has 0 bridgehead atoms. The van der Waals surface area contributed by atoms with Crippen LogP contribution in [0.1, 0.15) is 41.3 Å². The van der Waals surface area contributed by atoms with Crippen LogP contribution >= 0.6 is 0 Å². The van der Waals surface area contributed by atoms with Crippen LogP contribution in [-0.4, -0.2) is 33.5 Å². The first-order valence-corrected chi connectivity index (χ1v) is 11.6. The van der Waals surface area contributed by atoms with Crippen molar-refractivity contribution in [2.75, 3.05) is 18.4 Å². The van der Waals surface area contributed by atoms with Gasteiger partial charge in [-0.1, -0.05) is 18.2 Å². The van der Waals surface area contributed by atoms with Crippen molar-refractivity contribution >= 4 is 21.6 Å². The van der Waals surface area contributed by atoms with Crippen molar-refractivity contribution in [3.63, 3.8) is 0 Å². The Morgan fingerprint density at radius 1 is 1.13 bits per heavy atom. The lowest BCUT2D eigenvalue weighted by Crippen LogP contribution is -2.42. The third kappa shape index (κ3) is 4.88. The van der Waals surface area contributed by atoms with E-state index in [1.54, 1.807) is 12.1 Å². The number of aryl methyl sites for hydroxylation is 1. The standard InChI is InChI=1S/C22H28FN3O3S/c1-14-6-4-5-7-18(14)22(27)25-19-8-9-20(21(23)15(19)2)30(28,29)26-16(3)17-10-12-24-13-11-17/h4-9,16-17,24,26H,10-13H2,1-3H3,(H,25,27)/t16-/m1/s1. The summed E-state index contributed by atoms with van der Waals surface area (Å²) >= 11 is 0. The molecular weight excluding hydrogens is 405 g/mol. The maximum Gasteiger partial charge on any atom is 0.255 e. The van der Waals surface area contributed by atoms with E-state index in [0.29, 0.717) is 5.56 Å². The molecule has 3 N–H and O–H groups in total. The van der Waals surface area contributed by atoms with E-state index in [4.69, 9.17) is 0 Å². The summed E-state index contributed by atoms with van der Waals surface area (Å²) in [5.74, 6) is -1.02. The van der Waals surface area contributed by atoms with Gasteiger partial charge in [0.05, 0.1) is 0 Å². The number of rotatable bonds is 6. The Hall–Kier alpha value is -2.29. The van der Waals surface area contributed by atoms with Gasteiger partial charge in [-0.05, 0) is 76.4 Å². The minimum atomic E-state index is -4.02. The van der Waals surface area contributed by atoms with Crippen LogP contribution in [0.4, 0.5) is 10.1 Å². The van der Waals surface area contributed by atoms with Crippen LogP contribution in [0.15, 0.2) is 41.3 Å². The van der Waals surface area contributed by atoms with Crippen molar-refractivity contribution in [3.8, 4) is 0 Å². The molecular formula is C22H28FN3O3S. The van der Waals surface area contributed by atoms with Gasteiger partial charge in [0, 0.05) is 22.9 Å². The van der Waals surface area contributed by atoms with Crippen LogP contribution < -0.4 is 15.4 Å². The highest BCUT2D eigenvalue weighted by molar-refractivity contribution is 7.89. The van der Waals surface area contributed by atoms with Gasteiger partial charge in [-0.25, -0.2) is 17.5 Å². The van der Waals surface area contributed by atoms with Gasteiger partial charge in [0.1, 0.15) is 10.7 Å². The molecule has 1 fully saturated rings. The fourth-order valence-corrected chi connectivity index (χ4v) is 5.21. The average molecular weight is 434 g/mol. The number of sulfonamides is 1. The number of nitrogens with one attached hydrogen (secondary N) is 3. The second kappa shape index (κ2) is 9.24. The van der Waals surface area contributed by atoms with Gasteiger partial charge in [0.2, 0.25) is 10.0 Å². The molecule has 3 rings (SSSR count). The van der Waals surface area contributed by atoms with Crippen LogP contribution in [0.5, 0.6) is 0 Å². The predicted molar refractivity (Wildman–Crippen MR) is 116 cm³/mol. The SMILES string of the molecule is Cc1ccccc1C(=O)Nc1ccc(S(=O)(=O)N[C@H](C)C2CCNCC2)c(F)c1C. The zero-order valence-electron chi connectivity index (χ0n) is 17.5. The number of piperidine rings is 1. The number of halogens is 1. The molecule has 162 valence electrons. The summed E-state index contributed by atoms with van der Waals surface area (Å²) in [5, 5.41) is 5.92. The van der Waals surface area contributed by atoms with Crippen molar-refractivity contribution in [2.45, 2.75) is 44.6 Å². The quantitative estimate of drug-likeness (QED) is 0.652. The van der Waals surface area contributed by atoms with Gasteiger partial charge in [-0.2, -0.15) is 0 Å². The second-order valence-corrected chi connectivity index (χ2v) is 9.50. The van der Waals surface area contributed by atoms with E-state index in [1.807, 2.05) is 26.0 Å². The number of benzene rings is 2. The molecule has 2 aromatic rings. The summed E-state index contributed by atoms with van der Waals surface area (Å²) in [6.45, 7) is 6.78. The van der Waals surface area contributed by atoms with Crippen molar-refractivity contribution in [3.05, 3.63) is 58.9 Å². The minimum absolute atomic E-state index is 0.0781. The summed E-state index contributed by atoms with van der Waals surface area (Å²) in [6.07, 6.45) is 1.74. The maximum atomic E-state index is 15.0. The van der Waals surface area contributed by atoms with E-state index >= 15 is 4.39 Å². The summed E-state index contributed by atoms with van der Waals surface area (Å²) in [4.78, 5) is 12.1. The molecule has 1 amide bonds. The van der Waals surface area contributed by atoms with Crippen molar-refractivity contribution < 1.29 is 17.6 Å². The number of carbonyl (C=O) groups is 1. The predicted octanol–water partition coefficient (Wildman–Crippen LogP) is 3.36. The first kappa shape index (κ1) is 22.4. The Balaban J connectivity index is 1.79. The van der Waals surface area contributed by atoms with E-state index in [-0.39, 0.29) is 29.1 Å². The molecule has 30 heavy (non-hydrogen) atoms. The summed E-state index contributed by atoms with van der Waals surface area (Å²) in [5.41, 5.74) is 1.59. The van der Waals surface area contributed by atoms with Crippen molar-refractivity contribution in [1.29, 1.82) is 0 Å². The monoisotopic (exact) mass is 433 g/mol. The highest BCUT2D eigenvalue weighted by atomic mass is 32.2. The van der Waals surface area contributed by atoms with E-state index in [2.05, 4.69) is 15.4 Å². The molecule has 6 nitrogen and oxygen atoms in total. The molecule has 1 atom stereocenters. The van der Waals surface area contributed by atoms with Gasteiger partial charge >= 0.3 is 0 Å². The fourth-order valence-electron chi connectivity index (χ4n) is 3.77. The second-order valence-electron chi connectivity index (χ2n) is 7.82. The summed E-state index contributed by atoms with van der Waals surface area (Å²) in [6, 6.07) is 9.41. The zero-order chi connectivity index (χ0) is 21.9. The van der Waals surface area contributed by atoms with Crippen LogP contribution in [-0.2, 0) is 10.0 Å². The lowest BCUT2D eigenvalue weighted by molar-refractivity contribution is 0.102. The largest absolute Gasteiger partial charge is 0.322 e. The molecule has 0 saturated carbocycles. The number of amides is 1. The highest BCUT2D eigenvalue weighted by Gasteiger charge is 2.28. The van der Waals surface area contributed by atoms with Gasteiger partial charge in [0.25, 0.3) is 5.91 Å². The normalized spacial score (nSPS) is 16.3. The Labute approximate surface area is 177 Å². The first-order chi connectivity index (χ1) is 14.2. The number of hydrogen-bond donors (Lipinski definition) is 3. The topological polar surface area (TPSA) is 87.3 Å². The van der Waals surface area contributed by atoms with E-state index in [1.165, 1.54) is 19.1 Å². The van der Waals surface area contributed by atoms with Crippen LogP contribution in [0.25, 0.3) is 0 Å². The highest BCUT2D eigenvalue weighted by Crippen LogP contribution is 2.26. The van der Waals surface area contributed by atoms with Crippen molar-refractivity contribution in [1.82, 2.24) is 10.0 Å². The molecule has 1 aliphatic rings. The van der Waals surface area contributed by atoms with Crippen LogP contribution in [0, 0.1) is 25.6 Å². The lowest BCUT2D eigenvalue weighted by Gasteiger charge is -2.28. The molecule has 1 saturated heterocycles. The Kier molecular flexibility index (Phi) is 6.90. The number of carbonyl (C=O) groups excluding carboxylic acids is 1. The summed E-state index contributed by atoms with van der Waals surface area (Å²) < 4.78 is 43.2. The van der Waals surface area contributed by atoms with Crippen LogP contribution in [0.3, 0.4) is 0 Å². The van der Waals surface area contributed by atoms with Gasteiger partial charge < -0.3 is 10.6 Å². The molecule has 2 aromatic carbocycles. The molecule has 0 unspecified atom stereocenters. The smallest absolute Gasteiger partial charge is 0.255 e. The molecule has 0 aromatic heterocycles. The third-order valence-electron chi connectivity index (χ3n) is 5.71. The zero-order valence-corrected chi connectivity index (χ0v) is 18.3.